The summed E-state index contributed by atoms with van der Waals surface area (Å²) < 4.78 is 0.462. The molecule has 0 aromatic carbocycles. The van der Waals surface area contributed by atoms with E-state index in [0.29, 0.717) is 24.1 Å². The number of likely N-dealkylation sites (N-methyl/N-ethyl adjacent to an activating group) is 1. The highest BCUT2D eigenvalue weighted by molar-refractivity contribution is 5.98. The summed E-state index contributed by atoms with van der Waals surface area (Å²) in [5, 5.41) is 0. The SMILES string of the molecule is C[N+]1(C)CC(=O)N(CCCCN2CCN(c3ncccn3)CC2)C(=O)C1.Cl. The Labute approximate surface area is 167 Å². The fraction of sp³-hybridized carbons (Fsp3) is 0.667. The topological polar surface area (TPSA) is 69.6 Å². The number of rotatable bonds is 6. The molecule has 0 spiro atoms. The van der Waals surface area contributed by atoms with Crippen molar-refractivity contribution in [3.8, 4) is 0 Å². The first-order valence-electron chi connectivity index (χ1n) is 9.34. The van der Waals surface area contributed by atoms with Crippen LogP contribution in [0.3, 0.4) is 0 Å². The second kappa shape index (κ2) is 9.43. The molecule has 150 valence electrons. The van der Waals surface area contributed by atoms with Crippen LogP contribution in [0.25, 0.3) is 0 Å². The molecule has 3 heterocycles. The minimum Gasteiger partial charge on any atom is -0.338 e. The molecular weight excluding hydrogens is 368 g/mol. The Balaban J connectivity index is 0.00000261. The quantitative estimate of drug-likeness (QED) is 0.389. The van der Waals surface area contributed by atoms with Crippen molar-refractivity contribution in [2.75, 3.05) is 71.4 Å². The van der Waals surface area contributed by atoms with Crippen molar-refractivity contribution in [3.05, 3.63) is 18.5 Å². The summed E-state index contributed by atoms with van der Waals surface area (Å²) in [5.41, 5.74) is 0. The number of carbonyl (C=O) groups is 2. The van der Waals surface area contributed by atoms with Gasteiger partial charge < -0.3 is 9.38 Å². The predicted molar refractivity (Wildman–Crippen MR) is 106 cm³/mol. The van der Waals surface area contributed by atoms with Crippen molar-refractivity contribution >= 4 is 30.2 Å². The maximum atomic E-state index is 12.1. The van der Waals surface area contributed by atoms with E-state index in [-0.39, 0.29) is 24.2 Å². The van der Waals surface area contributed by atoms with Crippen LogP contribution in [-0.2, 0) is 9.59 Å². The molecule has 1 aromatic heterocycles. The third kappa shape index (κ3) is 5.85. The van der Waals surface area contributed by atoms with E-state index in [1.54, 1.807) is 12.4 Å². The number of anilines is 1. The summed E-state index contributed by atoms with van der Waals surface area (Å²) in [6.07, 6.45) is 5.42. The molecule has 2 aliphatic heterocycles. The summed E-state index contributed by atoms with van der Waals surface area (Å²) in [6, 6.07) is 1.83. The molecule has 2 fully saturated rings. The van der Waals surface area contributed by atoms with Gasteiger partial charge in [0.25, 0.3) is 11.8 Å². The number of imide groups is 1. The zero-order valence-corrected chi connectivity index (χ0v) is 17.0. The molecule has 8 nitrogen and oxygen atoms in total. The van der Waals surface area contributed by atoms with Crippen molar-refractivity contribution in [3.63, 3.8) is 0 Å². The second-order valence-corrected chi connectivity index (χ2v) is 7.78. The highest BCUT2D eigenvalue weighted by Gasteiger charge is 2.37. The average Bonchev–Trinajstić information content (AvgIpc) is 2.61. The van der Waals surface area contributed by atoms with Gasteiger partial charge in [0.15, 0.2) is 13.1 Å². The largest absolute Gasteiger partial charge is 0.338 e. The zero-order valence-electron chi connectivity index (χ0n) is 16.2. The summed E-state index contributed by atoms with van der Waals surface area (Å²) in [6.45, 7) is 6.22. The molecule has 0 N–H and O–H groups in total. The van der Waals surface area contributed by atoms with Crippen LogP contribution in [0.15, 0.2) is 18.5 Å². The summed E-state index contributed by atoms with van der Waals surface area (Å²) in [5.74, 6) is 0.723. The Hall–Kier alpha value is -1.77. The monoisotopic (exact) mass is 397 g/mol. The number of amides is 2. The van der Waals surface area contributed by atoms with Crippen LogP contribution < -0.4 is 4.90 Å². The van der Waals surface area contributed by atoms with Crippen LogP contribution in [-0.4, -0.2) is 103 Å². The van der Waals surface area contributed by atoms with E-state index in [0.717, 1.165) is 51.5 Å². The van der Waals surface area contributed by atoms with Crippen LogP contribution in [0.2, 0.25) is 0 Å². The van der Waals surface area contributed by atoms with Gasteiger partial charge in [-0.2, -0.15) is 0 Å². The molecule has 1 aromatic rings. The molecule has 0 aliphatic carbocycles. The Bertz CT molecular complexity index is 614. The van der Waals surface area contributed by atoms with E-state index < -0.39 is 0 Å². The highest BCUT2D eigenvalue weighted by atomic mass is 35.5. The molecule has 2 saturated heterocycles. The summed E-state index contributed by atoms with van der Waals surface area (Å²) >= 11 is 0. The van der Waals surface area contributed by atoms with Gasteiger partial charge in [0.1, 0.15) is 0 Å². The lowest BCUT2D eigenvalue weighted by atomic mass is 10.2. The van der Waals surface area contributed by atoms with Crippen LogP contribution in [0, 0.1) is 0 Å². The minimum atomic E-state index is -0.0391. The van der Waals surface area contributed by atoms with Gasteiger partial charge in [-0.1, -0.05) is 0 Å². The van der Waals surface area contributed by atoms with Crippen LogP contribution in [0.1, 0.15) is 12.8 Å². The Morgan fingerprint density at radius 3 is 2.07 bits per heavy atom. The molecule has 3 rings (SSSR count). The van der Waals surface area contributed by atoms with Crippen LogP contribution in [0.5, 0.6) is 0 Å². The van der Waals surface area contributed by atoms with Gasteiger partial charge >= 0.3 is 0 Å². The number of piperazine rings is 2. The predicted octanol–water partition coefficient (Wildman–Crippen LogP) is 0.246. The molecule has 2 aliphatic rings. The number of nitrogens with zero attached hydrogens (tertiary/aromatic N) is 6. The van der Waals surface area contributed by atoms with Gasteiger partial charge in [-0.25, -0.2) is 9.97 Å². The fourth-order valence-corrected chi connectivity index (χ4v) is 3.58. The Morgan fingerprint density at radius 2 is 1.48 bits per heavy atom. The number of hydrogen-bond acceptors (Lipinski definition) is 6. The zero-order chi connectivity index (χ0) is 18.6. The molecule has 9 heteroatoms. The number of halogens is 1. The number of quaternary nitrogens is 1. The van der Waals surface area contributed by atoms with Gasteiger partial charge in [-0.15, -0.1) is 12.4 Å². The minimum absolute atomic E-state index is 0. The molecule has 0 atom stereocenters. The van der Waals surface area contributed by atoms with Crippen molar-refractivity contribution < 1.29 is 14.1 Å². The van der Waals surface area contributed by atoms with Crippen LogP contribution in [0.4, 0.5) is 5.95 Å². The summed E-state index contributed by atoms with van der Waals surface area (Å²) in [4.78, 5) is 39.0. The Kier molecular flexibility index (Phi) is 7.52. The van der Waals surface area contributed by atoms with Gasteiger partial charge in [-0.3, -0.25) is 19.4 Å². The normalized spacial score (nSPS) is 20.5. The number of hydrogen-bond donors (Lipinski definition) is 0. The first kappa shape index (κ1) is 21.5. The molecular formula is C18H30ClN6O2+. The van der Waals surface area contributed by atoms with E-state index in [1.165, 1.54) is 4.90 Å². The third-order valence-electron chi connectivity index (χ3n) is 5.04. The maximum absolute atomic E-state index is 12.1. The lowest BCUT2D eigenvalue weighted by Crippen LogP contribution is -2.60. The van der Waals surface area contributed by atoms with Crippen molar-refractivity contribution in [1.82, 2.24) is 19.8 Å². The first-order chi connectivity index (χ1) is 12.4. The fourth-order valence-electron chi connectivity index (χ4n) is 3.58. The molecule has 27 heavy (non-hydrogen) atoms. The Morgan fingerprint density at radius 1 is 0.926 bits per heavy atom. The van der Waals surface area contributed by atoms with Gasteiger partial charge in [0.05, 0.1) is 14.1 Å². The number of aromatic nitrogens is 2. The van der Waals surface area contributed by atoms with Gasteiger partial charge in [-0.05, 0) is 25.5 Å². The lowest BCUT2D eigenvalue weighted by Gasteiger charge is -2.37. The maximum Gasteiger partial charge on any atom is 0.284 e. The first-order valence-corrected chi connectivity index (χ1v) is 9.34. The number of carbonyl (C=O) groups excluding carboxylic acids is 2. The summed E-state index contributed by atoms with van der Waals surface area (Å²) in [7, 11) is 3.85. The molecule has 0 saturated carbocycles. The smallest absolute Gasteiger partial charge is 0.284 e. The van der Waals surface area contributed by atoms with Crippen LogP contribution >= 0.6 is 12.4 Å². The van der Waals surface area contributed by atoms with Gasteiger partial charge in [0.2, 0.25) is 5.95 Å². The van der Waals surface area contributed by atoms with Gasteiger partial charge in [0, 0.05) is 45.1 Å². The van der Waals surface area contributed by atoms with E-state index >= 15 is 0 Å². The molecule has 0 radical (unpaired) electrons. The average molecular weight is 398 g/mol. The molecule has 0 bridgehead atoms. The van der Waals surface area contributed by atoms with E-state index in [4.69, 9.17) is 0 Å². The van der Waals surface area contributed by atoms with Crippen molar-refractivity contribution in [2.45, 2.75) is 12.8 Å². The van der Waals surface area contributed by atoms with E-state index in [9.17, 15) is 9.59 Å². The van der Waals surface area contributed by atoms with Crippen molar-refractivity contribution in [2.24, 2.45) is 0 Å². The van der Waals surface area contributed by atoms with E-state index in [1.807, 2.05) is 20.2 Å². The van der Waals surface area contributed by atoms with E-state index in [2.05, 4.69) is 19.8 Å². The standard InChI is InChI=1S/C18H29N6O2.ClH/c1-24(2)14-16(25)23(17(26)15-24)9-4-3-8-21-10-12-22(13-11-21)18-19-6-5-7-20-18;/h5-7H,3-4,8-15H2,1-2H3;1H/q+1;. The number of unbranched alkanes of at least 4 members (excludes halogenated alkanes) is 1. The van der Waals surface area contributed by atoms with Crippen molar-refractivity contribution in [1.29, 1.82) is 0 Å². The molecule has 0 unspecified atom stereocenters. The lowest BCUT2D eigenvalue weighted by molar-refractivity contribution is -0.877. The second-order valence-electron chi connectivity index (χ2n) is 7.78. The molecule has 2 amide bonds. The third-order valence-corrected chi connectivity index (χ3v) is 5.04. The highest BCUT2D eigenvalue weighted by Crippen LogP contribution is 2.12.